The fraction of sp³-hybridized carbons (Fsp3) is 0.0909. The molecular weight excluding hydrogens is 302 g/mol. The summed E-state index contributed by atoms with van der Waals surface area (Å²) in [7, 11) is -3.98. The van der Waals surface area contributed by atoms with Crippen molar-refractivity contribution >= 4 is 33.0 Å². The third-order valence-electron chi connectivity index (χ3n) is 2.45. The van der Waals surface area contributed by atoms with Gasteiger partial charge < -0.3 is 10.8 Å². The number of carbonyl (C=O) groups is 1. The monoisotopic (exact) mass is 313 g/mol. The molecule has 7 nitrogen and oxygen atoms in total. The van der Waals surface area contributed by atoms with Gasteiger partial charge in [-0.25, -0.2) is 22.9 Å². The Bertz CT molecular complexity index is 726. The maximum Gasteiger partial charge on any atom is 0.337 e. The van der Waals surface area contributed by atoms with E-state index in [0.717, 1.165) is 12.1 Å². The van der Waals surface area contributed by atoms with Crippen molar-refractivity contribution in [3.8, 4) is 0 Å². The van der Waals surface area contributed by atoms with Crippen molar-refractivity contribution in [1.82, 2.24) is 9.71 Å². The summed E-state index contributed by atoms with van der Waals surface area (Å²) >= 11 is 1.34. The summed E-state index contributed by atoms with van der Waals surface area (Å²) in [6, 6.07) is 3.62. The van der Waals surface area contributed by atoms with Crippen LogP contribution in [0.15, 0.2) is 34.0 Å². The van der Waals surface area contributed by atoms with E-state index in [9.17, 15) is 13.2 Å². The fourth-order valence-electron chi connectivity index (χ4n) is 1.51. The van der Waals surface area contributed by atoms with Gasteiger partial charge >= 0.3 is 5.97 Å². The van der Waals surface area contributed by atoms with Gasteiger partial charge in [-0.15, -0.1) is 11.3 Å². The molecule has 0 amide bonds. The number of nitrogen functional groups attached to an aromatic ring is 1. The van der Waals surface area contributed by atoms with E-state index >= 15 is 0 Å². The first kappa shape index (κ1) is 14.4. The molecule has 2 rings (SSSR count). The minimum absolute atomic E-state index is 0.0142. The van der Waals surface area contributed by atoms with Crippen LogP contribution in [0.5, 0.6) is 0 Å². The van der Waals surface area contributed by atoms with E-state index in [2.05, 4.69) is 9.71 Å². The molecule has 20 heavy (non-hydrogen) atoms. The maximum absolute atomic E-state index is 12.2. The average Bonchev–Trinajstić information content (AvgIpc) is 2.89. The first-order chi connectivity index (χ1) is 9.40. The predicted molar refractivity (Wildman–Crippen MR) is 74.0 cm³/mol. The SMILES string of the molecule is Nc1ccc(C(=O)O)c(S(=O)(=O)NCc2cscn2)c1. The highest BCUT2D eigenvalue weighted by Gasteiger charge is 2.22. The Kier molecular flexibility index (Phi) is 4.02. The number of aromatic nitrogens is 1. The molecule has 0 saturated carbocycles. The number of carboxylic acid groups (broad SMARTS) is 1. The first-order valence-corrected chi connectivity index (χ1v) is 7.82. The van der Waals surface area contributed by atoms with E-state index in [1.807, 2.05) is 0 Å². The molecule has 1 aromatic heterocycles. The number of carboxylic acids is 1. The number of anilines is 1. The number of aromatic carboxylic acids is 1. The van der Waals surface area contributed by atoms with Gasteiger partial charge in [0.25, 0.3) is 0 Å². The summed E-state index contributed by atoms with van der Waals surface area (Å²) in [5.74, 6) is -1.33. The smallest absolute Gasteiger partial charge is 0.337 e. The topological polar surface area (TPSA) is 122 Å². The van der Waals surface area contributed by atoms with Crippen molar-refractivity contribution in [2.45, 2.75) is 11.4 Å². The van der Waals surface area contributed by atoms with Crippen LogP contribution < -0.4 is 10.5 Å². The third-order valence-corrected chi connectivity index (χ3v) is 4.53. The molecule has 0 fully saturated rings. The number of hydrogen-bond donors (Lipinski definition) is 3. The van der Waals surface area contributed by atoms with Crippen molar-refractivity contribution in [2.75, 3.05) is 5.73 Å². The molecule has 0 aliphatic rings. The van der Waals surface area contributed by atoms with Crippen molar-refractivity contribution in [3.05, 3.63) is 40.3 Å². The van der Waals surface area contributed by atoms with Crippen LogP contribution in [0.4, 0.5) is 5.69 Å². The second kappa shape index (κ2) is 5.57. The number of hydrogen-bond acceptors (Lipinski definition) is 6. The Hall–Kier alpha value is -1.97. The number of nitrogens with zero attached hydrogens (tertiary/aromatic N) is 1. The summed E-state index contributed by atoms with van der Waals surface area (Å²) in [6.45, 7) is -0.0142. The standard InChI is InChI=1S/C11H11N3O4S2/c12-7-1-2-9(11(15)16)10(3-7)20(17,18)14-4-8-5-19-6-13-8/h1-3,5-6,14H,4,12H2,(H,15,16). The Morgan fingerprint density at radius 1 is 1.45 bits per heavy atom. The zero-order valence-electron chi connectivity index (χ0n) is 10.1. The lowest BCUT2D eigenvalue weighted by Crippen LogP contribution is -2.25. The van der Waals surface area contributed by atoms with E-state index < -0.39 is 16.0 Å². The molecule has 2 aromatic rings. The molecule has 0 radical (unpaired) electrons. The van der Waals surface area contributed by atoms with Gasteiger partial charge in [-0.3, -0.25) is 0 Å². The van der Waals surface area contributed by atoms with Crippen LogP contribution in [-0.2, 0) is 16.6 Å². The number of benzene rings is 1. The van der Waals surface area contributed by atoms with E-state index in [4.69, 9.17) is 10.8 Å². The largest absolute Gasteiger partial charge is 0.478 e. The van der Waals surface area contributed by atoms with Gasteiger partial charge in [-0.1, -0.05) is 0 Å². The molecule has 0 aliphatic heterocycles. The molecular formula is C11H11N3O4S2. The van der Waals surface area contributed by atoms with Crippen molar-refractivity contribution < 1.29 is 18.3 Å². The summed E-state index contributed by atoms with van der Waals surface area (Å²) in [4.78, 5) is 14.6. The number of nitrogens with one attached hydrogen (secondary N) is 1. The molecule has 0 aliphatic carbocycles. The second-order valence-electron chi connectivity index (χ2n) is 3.87. The van der Waals surface area contributed by atoms with Gasteiger partial charge in [0.05, 0.1) is 28.2 Å². The van der Waals surface area contributed by atoms with Gasteiger partial charge in [0.1, 0.15) is 0 Å². The molecule has 1 aromatic carbocycles. The zero-order chi connectivity index (χ0) is 14.8. The van der Waals surface area contributed by atoms with Crippen molar-refractivity contribution in [1.29, 1.82) is 0 Å². The van der Waals surface area contributed by atoms with Gasteiger partial charge in [-0.2, -0.15) is 0 Å². The number of rotatable bonds is 5. The molecule has 106 valence electrons. The van der Waals surface area contributed by atoms with Crippen molar-refractivity contribution in [3.63, 3.8) is 0 Å². The minimum atomic E-state index is -3.98. The fourth-order valence-corrected chi connectivity index (χ4v) is 3.30. The molecule has 1 heterocycles. The lowest BCUT2D eigenvalue weighted by molar-refractivity contribution is 0.0692. The quantitative estimate of drug-likeness (QED) is 0.705. The molecule has 0 saturated heterocycles. The van der Waals surface area contributed by atoms with Gasteiger partial charge in [0.15, 0.2) is 0 Å². The number of thiazole rings is 1. The summed E-state index contributed by atoms with van der Waals surface area (Å²) in [5, 5.41) is 10.7. The second-order valence-corrected chi connectivity index (χ2v) is 6.32. The third kappa shape index (κ3) is 3.13. The number of nitrogens with two attached hydrogens (primary N) is 1. The summed E-state index contributed by atoms with van der Waals surface area (Å²) in [6.07, 6.45) is 0. The van der Waals surface area contributed by atoms with Crippen LogP contribution in [0.1, 0.15) is 16.1 Å². The lowest BCUT2D eigenvalue weighted by Gasteiger charge is -2.09. The van der Waals surface area contributed by atoms with Gasteiger partial charge in [0.2, 0.25) is 10.0 Å². The van der Waals surface area contributed by atoms with Gasteiger partial charge in [0, 0.05) is 11.1 Å². The maximum atomic E-state index is 12.2. The molecule has 0 atom stereocenters. The Labute approximate surface area is 119 Å². The van der Waals surface area contributed by atoms with E-state index in [1.165, 1.54) is 17.4 Å². The summed E-state index contributed by atoms with van der Waals surface area (Å²) < 4.78 is 26.6. The Morgan fingerprint density at radius 3 is 2.80 bits per heavy atom. The lowest BCUT2D eigenvalue weighted by atomic mass is 10.2. The molecule has 4 N–H and O–H groups in total. The van der Waals surface area contributed by atoms with Crippen LogP contribution in [-0.4, -0.2) is 24.5 Å². The highest BCUT2D eigenvalue weighted by atomic mass is 32.2. The summed E-state index contributed by atoms with van der Waals surface area (Å²) in [5.41, 5.74) is 7.49. The average molecular weight is 313 g/mol. The Morgan fingerprint density at radius 2 is 2.20 bits per heavy atom. The highest BCUT2D eigenvalue weighted by molar-refractivity contribution is 7.89. The Balaban J connectivity index is 2.33. The van der Waals surface area contributed by atoms with Crippen LogP contribution in [0.2, 0.25) is 0 Å². The highest BCUT2D eigenvalue weighted by Crippen LogP contribution is 2.19. The number of sulfonamides is 1. The minimum Gasteiger partial charge on any atom is -0.478 e. The van der Waals surface area contributed by atoms with E-state index in [0.29, 0.717) is 5.69 Å². The molecule has 0 spiro atoms. The van der Waals surface area contributed by atoms with E-state index in [1.54, 1.807) is 10.9 Å². The van der Waals surface area contributed by atoms with Crippen LogP contribution in [0.3, 0.4) is 0 Å². The molecule has 0 bridgehead atoms. The normalized spacial score (nSPS) is 11.4. The molecule has 0 unspecified atom stereocenters. The zero-order valence-corrected chi connectivity index (χ0v) is 11.7. The molecule has 9 heteroatoms. The van der Waals surface area contributed by atoms with Crippen LogP contribution in [0, 0.1) is 0 Å². The van der Waals surface area contributed by atoms with E-state index in [-0.39, 0.29) is 22.7 Å². The van der Waals surface area contributed by atoms with Crippen LogP contribution in [0.25, 0.3) is 0 Å². The van der Waals surface area contributed by atoms with Crippen molar-refractivity contribution in [2.24, 2.45) is 0 Å². The van der Waals surface area contributed by atoms with Gasteiger partial charge in [-0.05, 0) is 18.2 Å². The predicted octanol–water partition coefficient (Wildman–Crippen LogP) is 0.902. The first-order valence-electron chi connectivity index (χ1n) is 5.40. The van der Waals surface area contributed by atoms with Crippen LogP contribution >= 0.6 is 11.3 Å².